The maximum absolute atomic E-state index is 12.8. The molecule has 1 aliphatic heterocycles. The summed E-state index contributed by atoms with van der Waals surface area (Å²) in [6.07, 6.45) is -0.561. The molecule has 0 bridgehead atoms. The molecule has 23 heavy (non-hydrogen) atoms. The van der Waals surface area contributed by atoms with Crippen molar-refractivity contribution in [3.05, 3.63) is 70.3 Å². The predicted molar refractivity (Wildman–Crippen MR) is 82.6 cm³/mol. The van der Waals surface area contributed by atoms with Crippen molar-refractivity contribution in [2.75, 3.05) is 0 Å². The number of benzene rings is 2. The number of carboxylic acids is 1. The second-order valence-corrected chi connectivity index (χ2v) is 5.54. The fourth-order valence-electron chi connectivity index (χ4n) is 3.17. The molecule has 2 heterocycles. The molecular weight excluding hydrogens is 296 g/mol. The fraction of sp³-hybridized carbons (Fsp3) is 0.118. The molecule has 1 aromatic heterocycles. The molecule has 6 heteroatoms. The lowest BCUT2D eigenvalue weighted by Gasteiger charge is -2.21. The molecule has 0 radical (unpaired) electrons. The van der Waals surface area contributed by atoms with Gasteiger partial charge in [0.1, 0.15) is 0 Å². The number of para-hydroxylation sites is 2. The van der Waals surface area contributed by atoms with E-state index in [1.165, 1.54) is 4.57 Å². The maximum Gasteiger partial charge on any atom is 0.307 e. The van der Waals surface area contributed by atoms with E-state index in [0.717, 1.165) is 0 Å². The Morgan fingerprint density at radius 3 is 2.61 bits per heavy atom. The summed E-state index contributed by atoms with van der Waals surface area (Å²) in [7, 11) is 0. The zero-order valence-electron chi connectivity index (χ0n) is 11.9. The number of aromatic nitrogens is 2. The first kappa shape index (κ1) is 13.7. The van der Waals surface area contributed by atoms with Crippen LogP contribution in [0.3, 0.4) is 0 Å². The summed E-state index contributed by atoms with van der Waals surface area (Å²) in [5, 5.41) is 20.7. The zero-order chi connectivity index (χ0) is 16.2. The molecule has 0 saturated heterocycles. The number of aliphatic hydroxyl groups is 1. The molecule has 2 N–H and O–H groups in total. The molecule has 0 saturated carbocycles. The summed E-state index contributed by atoms with van der Waals surface area (Å²) in [5.41, 5.74) is -0.873. The summed E-state index contributed by atoms with van der Waals surface area (Å²) in [5.74, 6) is -1.12. The molecular formula is C17H12N2O4. The van der Waals surface area contributed by atoms with E-state index in [9.17, 15) is 19.8 Å². The first-order chi connectivity index (χ1) is 11.0. The second-order valence-electron chi connectivity index (χ2n) is 5.54. The number of hydrogen-bond donors (Lipinski definition) is 2. The van der Waals surface area contributed by atoms with Gasteiger partial charge in [0.05, 0.1) is 23.0 Å². The van der Waals surface area contributed by atoms with Gasteiger partial charge in [-0.15, -0.1) is 0 Å². The third-order valence-electron chi connectivity index (χ3n) is 4.14. The van der Waals surface area contributed by atoms with Crippen LogP contribution in [0, 0.1) is 0 Å². The Balaban J connectivity index is 2.16. The lowest BCUT2D eigenvalue weighted by molar-refractivity contribution is -0.141. The molecule has 1 atom stereocenters. The average molecular weight is 308 g/mol. The van der Waals surface area contributed by atoms with E-state index in [2.05, 4.69) is 4.98 Å². The number of rotatable bonds is 2. The highest BCUT2D eigenvalue weighted by Gasteiger charge is 2.46. The number of aliphatic carboxylic acids is 1. The first-order valence-electron chi connectivity index (χ1n) is 7.09. The summed E-state index contributed by atoms with van der Waals surface area (Å²) >= 11 is 0. The van der Waals surface area contributed by atoms with Gasteiger partial charge in [-0.25, -0.2) is 4.98 Å². The zero-order valence-corrected chi connectivity index (χ0v) is 11.9. The van der Waals surface area contributed by atoms with Crippen LogP contribution in [0.1, 0.15) is 17.8 Å². The third kappa shape index (κ3) is 1.75. The predicted octanol–water partition coefficient (Wildman–Crippen LogP) is 1.41. The quantitative estimate of drug-likeness (QED) is 0.746. The largest absolute Gasteiger partial charge is 0.481 e. The molecule has 3 aromatic rings. The Kier molecular flexibility index (Phi) is 2.67. The van der Waals surface area contributed by atoms with E-state index < -0.39 is 18.0 Å². The summed E-state index contributed by atoms with van der Waals surface area (Å²) in [6, 6.07) is 13.5. The molecule has 0 fully saturated rings. The Morgan fingerprint density at radius 2 is 1.83 bits per heavy atom. The molecule has 0 amide bonds. The van der Waals surface area contributed by atoms with Crippen LogP contribution in [-0.4, -0.2) is 25.7 Å². The minimum absolute atomic E-state index is 0.0461. The van der Waals surface area contributed by atoms with Gasteiger partial charge in [-0.3, -0.25) is 14.2 Å². The van der Waals surface area contributed by atoms with Gasteiger partial charge in [-0.1, -0.05) is 30.3 Å². The Labute approximate surface area is 130 Å². The summed E-state index contributed by atoms with van der Waals surface area (Å²) < 4.78 is 1.31. The van der Waals surface area contributed by atoms with Crippen molar-refractivity contribution in [2.45, 2.75) is 12.0 Å². The number of carbonyl (C=O) groups is 1. The number of nitrogens with zero attached hydrogens (tertiary/aromatic N) is 2. The van der Waals surface area contributed by atoms with Crippen LogP contribution < -0.4 is 5.56 Å². The fourth-order valence-corrected chi connectivity index (χ4v) is 3.17. The first-order valence-corrected chi connectivity index (χ1v) is 7.09. The molecule has 6 nitrogen and oxygen atoms in total. The van der Waals surface area contributed by atoms with Gasteiger partial charge in [0.2, 0.25) is 0 Å². The topological polar surface area (TPSA) is 92.4 Å². The standard InChI is InChI=1S/C17H12N2O4/c20-14(21)9-17(23)11-6-2-4-8-13(11)19-15(22)10-5-1-3-7-12(10)18-16(17)19/h1-8,23H,9H2,(H,20,21). The maximum atomic E-state index is 12.8. The van der Waals surface area contributed by atoms with Gasteiger partial charge < -0.3 is 10.2 Å². The number of hydrogen-bond acceptors (Lipinski definition) is 4. The minimum atomic E-state index is -1.83. The van der Waals surface area contributed by atoms with Crippen molar-refractivity contribution in [3.8, 4) is 5.69 Å². The van der Waals surface area contributed by atoms with Crippen LogP contribution in [0.5, 0.6) is 0 Å². The number of fused-ring (bicyclic) bond motifs is 4. The monoisotopic (exact) mass is 308 g/mol. The van der Waals surface area contributed by atoms with Crippen LogP contribution in [-0.2, 0) is 10.4 Å². The molecule has 1 aliphatic rings. The summed E-state index contributed by atoms with van der Waals surface area (Å²) in [6.45, 7) is 0. The summed E-state index contributed by atoms with van der Waals surface area (Å²) in [4.78, 5) is 28.5. The Hall–Kier alpha value is -2.99. The Morgan fingerprint density at radius 1 is 1.13 bits per heavy atom. The van der Waals surface area contributed by atoms with E-state index in [4.69, 9.17) is 0 Å². The third-order valence-corrected chi connectivity index (χ3v) is 4.14. The highest BCUT2D eigenvalue weighted by Crippen LogP contribution is 2.41. The van der Waals surface area contributed by atoms with Crippen molar-refractivity contribution < 1.29 is 15.0 Å². The van der Waals surface area contributed by atoms with Gasteiger partial charge in [0.25, 0.3) is 5.56 Å². The van der Waals surface area contributed by atoms with E-state index in [1.54, 1.807) is 48.5 Å². The van der Waals surface area contributed by atoms with Crippen molar-refractivity contribution >= 4 is 16.9 Å². The smallest absolute Gasteiger partial charge is 0.307 e. The molecule has 114 valence electrons. The number of carboxylic acid groups (broad SMARTS) is 1. The van der Waals surface area contributed by atoms with Crippen molar-refractivity contribution in [1.29, 1.82) is 0 Å². The van der Waals surface area contributed by atoms with E-state index in [0.29, 0.717) is 22.2 Å². The Bertz CT molecular complexity index is 1020. The lowest BCUT2D eigenvalue weighted by atomic mass is 9.91. The molecule has 1 unspecified atom stereocenters. The van der Waals surface area contributed by atoms with Crippen molar-refractivity contribution in [3.63, 3.8) is 0 Å². The van der Waals surface area contributed by atoms with Gasteiger partial charge in [0, 0.05) is 5.56 Å². The van der Waals surface area contributed by atoms with E-state index in [-0.39, 0.29) is 11.4 Å². The highest BCUT2D eigenvalue weighted by atomic mass is 16.4. The van der Waals surface area contributed by atoms with Crippen LogP contribution >= 0.6 is 0 Å². The van der Waals surface area contributed by atoms with E-state index in [1.807, 2.05) is 0 Å². The van der Waals surface area contributed by atoms with Crippen LogP contribution in [0.25, 0.3) is 16.6 Å². The molecule has 0 spiro atoms. The van der Waals surface area contributed by atoms with Gasteiger partial charge in [-0.2, -0.15) is 0 Å². The van der Waals surface area contributed by atoms with Crippen molar-refractivity contribution in [2.24, 2.45) is 0 Å². The van der Waals surface area contributed by atoms with Gasteiger partial charge in [0.15, 0.2) is 11.4 Å². The lowest BCUT2D eigenvalue weighted by Crippen LogP contribution is -2.32. The van der Waals surface area contributed by atoms with Crippen LogP contribution in [0.15, 0.2) is 53.3 Å². The normalized spacial score (nSPS) is 18.7. The van der Waals surface area contributed by atoms with Crippen LogP contribution in [0.4, 0.5) is 0 Å². The SMILES string of the molecule is O=C(O)CC1(O)c2ccccc2-n2c1nc1ccccc1c2=O. The molecule has 4 rings (SSSR count). The minimum Gasteiger partial charge on any atom is -0.481 e. The average Bonchev–Trinajstić information content (AvgIpc) is 2.77. The van der Waals surface area contributed by atoms with Crippen molar-refractivity contribution in [1.82, 2.24) is 9.55 Å². The molecule has 0 aliphatic carbocycles. The molecule has 2 aromatic carbocycles. The van der Waals surface area contributed by atoms with Gasteiger partial charge in [-0.05, 0) is 18.2 Å². The van der Waals surface area contributed by atoms with Gasteiger partial charge >= 0.3 is 5.97 Å². The van der Waals surface area contributed by atoms with E-state index >= 15 is 0 Å². The second kappa shape index (κ2) is 4.50. The highest BCUT2D eigenvalue weighted by molar-refractivity contribution is 5.79. The van der Waals surface area contributed by atoms with Crippen LogP contribution in [0.2, 0.25) is 0 Å².